The number of ether oxygens (including phenoxy) is 2. The number of aryl methyl sites for hydroxylation is 1. The Bertz CT molecular complexity index is 589. The van der Waals surface area contributed by atoms with Gasteiger partial charge in [-0.25, -0.2) is 0 Å². The van der Waals surface area contributed by atoms with E-state index < -0.39 is 5.60 Å². The largest absolute Gasteiger partial charge is 0.382 e. The van der Waals surface area contributed by atoms with Crippen LogP contribution in [0.5, 0.6) is 0 Å². The number of hydrogen-bond donors (Lipinski definition) is 1. The molecule has 1 aromatic rings. The Morgan fingerprint density at radius 1 is 1.50 bits per heavy atom. The van der Waals surface area contributed by atoms with Crippen LogP contribution in [0.15, 0.2) is 18.3 Å². The third kappa shape index (κ3) is 4.75. The number of pyridine rings is 1. The highest BCUT2D eigenvalue weighted by molar-refractivity contribution is 5.80. The molecule has 132 valence electrons. The van der Waals surface area contributed by atoms with E-state index in [1.165, 1.54) is 0 Å². The van der Waals surface area contributed by atoms with Crippen LogP contribution in [-0.2, 0) is 25.5 Å². The van der Waals surface area contributed by atoms with Gasteiger partial charge in [-0.1, -0.05) is 0 Å². The predicted octanol–water partition coefficient (Wildman–Crippen LogP) is 0.313. The van der Waals surface area contributed by atoms with E-state index in [2.05, 4.69) is 10.3 Å². The van der Waals surface area contributed by atoms with Gasteiger partial charge in [-0.2, -0.15) is 0 Å². The number of nitrogens with one attached hydrogen (secondary N) is 1. The smallest absolute Gasteiger partial charge is 0.227 e. The fourth-order valence-electron chi connectivity index (χ4n) is 2.95. The molecule has 1 N–H and O–H groups in total. The Balaban J connectivity index is 2.06. The summed E-state index contributed by atoms with van der Waals surface area (Å²) in [6.07, 6.45) is 2.18. The Kier molecular flexibility index (Phi) is 6.28. The van der Waals surface area contributed by atoms with E-state index in [-0.39, 0.29) is 24.8 Å². The van der Waals surface area contributed by atoms with Gasteiger partial charge in [0.05, 0.1) is 32.6 Å². The molecular formula is C17H25N3O4. The molecular weight excluding hydrogens is 310 g/mol. The van der Waals surface area contributed by atoms with Crippen molar-refractivity contribution in [1.82, 2.24) is 15.2 Å². The van der Waals surface area contributed by atoms with Gasteiger partial charge in [0.15, 0.2) is 0 Å². The van der Waals surface area contributed by atoms with Crippen molar-refractivity contribution >= 4 is 11.8 Å². The quantitative estimate of drug-likeness (QED) is 0.809. The summed E-state index contributed by atoms with van der Waals surface area (Å²) in [5, 5.41) is 2.60. The second-order valence-electron chi connectivity index (χ2n) is 6.11. The molecule has 2 amide bonds. The van der Waals surface area contributed by atoms with Crippen LogP contribution in [0.25, 0.3) is 0 Å². The molecule has 2 rings (SSSR count). The highest BCUT2D eigenvalue weighted by atomic mass is 16.5. The number of methoxy groups -OCH3 is 1. The Morgan fingerprint density at radius 2 is 2.29 bits per heavy atom. The van der Waals surface area contributed by atoms with Crippen molar-refractivity contribution in [2.45, 2.75) is 25.4 Å². The fourth-order valence-corrected chi connectivity index (χ4v) is 2.95. The highest BCUT2D eigenvalue weighted by Crippen LogP contribution is 2.23. The Morgan fingerprint density at radius 3 is 2.96 bits per heavy atom. The van der Waals surface area contributed by atoms with Gasteiger partial charge in [-0.3, -0.25) is 14.6 Å². The average molecular weight is 335 g/mol. The molecule has 1 saturated heterocycles. The molecule has 1 unspecified atom stereocenters. The van der Waals surface area contributed by atoms with Gasteiger partial charge >= 0.3 is 0 Å². The summed E-state index contributed by atoms with van der Waals surface area (Å²) in [5.41, 5.74) is 1.02. The number of morpholine rings is 1. The first kappa shape index (κ1) is 18.4. The van der Waals surface area contributed by atoms with Crippen LogP contribution < -0.4 is 5.32 Å². The van der Waals surface area contributed by atoms with Crippen LogP contribution in [0, 0.1) is 6.92 Å². The lowest BCUT2D eigenvalue weighted by atomic mass is 9.97. The third-order valence-electron chi connectivity index (χ3n) is 4.09. The lowest BCUT2D eigenvalue weighted by molar-refractivity contribution is -0.166. The molecule has 0 saturated carbocycles. The highest BCUT2D eigenvalue weighted by Gasteiger charge is 2.40. The topological polar surface area (TPSA) is 80.8 Å². The van der Waals surface area contributed by atoms with Crippen molar-refractivity contribution in [2.24, 2.45) is 0 Å². The maximum absolute atomic E-state index is 12.6. The Labute approximate surface area is 142 Å². The number of carbonyl (C=O) groups excluding carboxylic acids is 2. The first-order chi connectivity index (χ1) is 11.5. The van der Waals surface area contributed by atoms with Crippen molar-refractivity contribution in [2.75, 3.05) is 40.5 Å². The van der Waals surface area contributed by atoms with Gasteiger partial charge < -0.3 is 19.7 Å². The van der Waals surface area contributed by atoms with E-state index >= 15 is 0 Å². The summed E-state index contributed by atoms with van der Waals surface area (Å²) in [7, 11) is 3.15. The lowest BCUT2D eigenvalue weighted by Crippen LogP contribution is -2.57. The molecule has 1 aliphatic heterocycles. The van der Waals surface area contributed by atoms with Gasteiger partial charge in [0, 0.05) is 32.6 Å². The third-order valence-corrected chi connectivity index (χ3v) is 4.09. The first-order valence-corrected chi connectivity index (χ1v) is 8.01. The Hall–Kier alpha value is -1.99. The van der Waals surface area contributed by atoms with E-state index in [9.17, 15) is 9.59 Å². The maximum Gasteiger partial charge on any atom is 0.227 e. The van der Waals surface area contributed by atoms with Gasteiger partial charge in [-0.15, -0.1) is 0 Å². The zero-order valence-corrected chi connectivity index (χ0v) is 14.5. The van der Waals surface area contributed by atoms with Crippen LogP contribution in [0.4, 0.5) is 0 Å². The zero-order chi connectivity index (χ0) is 17.6. The molecule has 0 radical (unpaired) electrons. The van der Waals surface area contributed by atoms with Crippen molar-refractivity contribution < 1.29 is 19.1 Å². The minimum Gasteiger partial charge on any atom is -0.382 e. The molecule has 0 aromatic carbocycles. The van der Waals surface area contributed by atoms with Gasteiger partial charge in [0.1, 0.15) is 5.60 Å². The second-order valence-corrected chi connectivity index (χ2v) is 6.11. The van der Waals surface area contributed by atoms with Crippen LogP contribution in [0.1, 0.15) is 17.7 Å². The normalized spacial score (nSPS) is 20.7. The van der Waals surface area contributed by atoms with E-state index in [1.54, 1.807) is 25.3 Å². The average Bonchev–Trinajstić information content (AvgIpc) is 2.55. The van der Waals surface area contributed by atoms with Gasteiger partial charge in [0.2, 0.25) is 11.8 Å². The molecule has 2 heterocycles. The SMILES string of the molecule is CNC(=O)CC1(COC)CN(C(=O)Cc2ccnc(C)c2)CCO1. The van der Waals surface area contributed by atoms with E-state index in [0.717, 1.165) is 11.3 Å². The summed E-state index contributed by atoms with van der Waals surface area (Å²) in [6.45, 7) is 3.41. The summed E-state index contributed by atoms with van der Waals surface area (Å²) in [4.78, 5) is 30.3. The van der Waals surface area contributed by atoms with Crippen LogP contribution in [0.2, 0.25) is 0 Å². The van der Waals surface area contributed by atoms with Gasteiger partial charge in [-0.05, 0) is 24.6 Å². The number of aromatic nitrogens is 1. The molecule has 0 aliphatic carbocycles. The molecule has 0 bridgehead atoms. The summed E-state index contributed by atoms with van der Waals surface area (Å²) in [6, 6.07) is 3.75. The van der Waals surface area contributed by atoms with E-state index in [1.807, 2.05) is 19.1 Å². The molecule has 0 spiro atoms. The van der Waals surface area contributed by atoms with Crippen LogP contribution >= 0.6 is 0 Å². The first-order valence-electron chi connectivity index (χ1n) is 8.01. The van der Waals surface area contributed by atoms with E-state index in [4.69, 9.17) is 9.47 Å². The standard InChI is InChI=1S/C17H25N3O4/c1-13-8-14(4-5-19-13)9-16(22)20-6-7-24-17(11-20,12-23-3)10-15(21)18-2/h4-5,8H,6-7,9-12H2,1-3H3,(H,18,21). The molecule has 1 aromatic heterocycles. The zero-order valence-electron chi connectivity index (χ0n) is 14.5. The van der Waals surface area contributed by atoms with E-state index in [0.29, 0.717) is 26.1 Å². The number of amides is 2. The molecule has 7 nitrogen and oxygen atoms in total. The van der Waals surface area contributed by atoms with Crippen LogP contribution in [-0.4, -0.2) is 67.8 Å². The maximum atomic E-state index is 12.6. The van der Waals surface area contributed by atoms with Crippen molar-refractivity contribution in [3.8, 4) is 0 Å². The molecule has 7 heteroatoms. The number of hydrogen-bond acceptors (Lipinski definition) is 5. The molecule has 1 fully saturated rings. The van der Waals surface area contributed by atoms with Gasteiger partial charge in [0.25, 0.3) is 0 Å². The number of carbonyl (C=O) groups is 2. The minimum atomic E-state index is -0.795. The summed E-state index contributed by atoms with van der Waals surface area (Å²) >= 11 is 0. The lowest BCUT2D eigenvalue weighted by Gasteiger charge is -2.42. The minimum absolute atomic E-state index is 0.0151. The fraction of sp³-hybridized carbons (Fsp3) is 0.588. The predicted molar refractivity (Wildman–Crippen MR) is 88.5 cm³/mol. The van der Waals surface area contributed by atoms with Crippen LogP contribution in [0.3, 0.4) is 0 Å². The summed E-state index contributed by atoms with van der Waals surface area (Å²) < 4.78 is 11.1. The molecule has 24 heavy (non-hydrogen) atoms. The molecule has 1 atom stereocenters. The van der Waals surface area contributed by atoms with Crippen molar-refractivity contribution in [3.05, 3.63) is 29.6 Å². The number of rotatable bonds is 6. The summed E-state index contributed by atoms with van der Waals surface area (Å²) in [5.74, 6) is -0.118. The monoisotopic (exact) mass is 335 g/mol. The second kappa shape index (κ2) is 8.21. The molecule has 1 aliphatic rings. The van der Waals surface area contributed by atoms with Crippen molar-refractivity contribution in [1.29, 1.82) is 0 Å². The van der Waals surface area contributed by atoms with Crippen molar-refractivity contribution in [3.63, 3.8) is 0 Å². The number of nitrogens with zero attached hydrogens (tertiary/aromatic N) is 2.